The number of rotatable bonds is 6. The number of fused-ring (bicyclic) bond motifs is 2. The predicted molar refractivity (Wildman–Crippen MR) is 105 cm³/mol. The van der Waals surface area contributed by atoms with Crippen LogP contribution in [0.1, 0.15) is 56.8 Å². The lowest BCUT2D eigenvalue weighted by molar-refractivity contribution is -0.384. The minimum Gasteiger partial charge on any atom is -0.352 e. The van der Waals surface area contributed by atoms with Crippen LogP contribution < -0.4 is 10.7 Å². The molecular weight excluding hydrogens is 360 g/mol. The third-order valence-electron chi connectivity index (χ3n) is 6.81. The van der Waals surface area contributed by atoms with Gasteiger partial charge in [-0.25, -0.2) is 5.43 Å². The molecule has 0 saturated heterocycles. The highest BCUT2D eigenvalue weighted by Gasteiger charge is 2.59. The number of nitrogens with zero attached hydrogens (tertiary/aromatic N) is 2. The normalized spacial score (nSPS) is 26.2. The Hall–Kier alpha value is -2.77. The molecule has 0 aliphatic heterocycles. The van der Waals surface area contributed by atoms with Gasteiger partial charge in [-0.3, -0.25) is 19.7 Å². The minimum atomic E-state index is -0.523. The molecule has 2 atom stereocenters. The van der Waals surface area contributed by atoms with Gasteiger partial charge in [-0.1, -0.05) is 20.8 Å². The quantitative estimate of drug-likeness (QED) is 0.578. The Bertz CT molecular complexity index is 831. The Balaban J connectivity index is 1.46. The SMILES string of the molecule is CC1(C)[C@@H]2CC[C@@]1(C)/C(=N/NC(=O)CCNC(=O)c1ccc([N+](=O)[O-])cc1)C2. The fourth-order valence-electron chi connectivity index (χ4n) is 4.41. The Labute approximate surface area is 163 Å². The lowest BCUT2D eigenvalue weighted by Gasteiger charge is -2.34. The van der Waals surface area contributed by atoms with Gasteiger partial charge in [0, 0.05) is 41.8 Å². The average Bonchev–Trinajstić information content (AvgIpc) is 2.99. The first kappa shape index (κ1) is 20.0. The summed E-state index contributed by atoms with van der Waals surface area (Å²) in [7, 11) is 0. The lowest BCUT2D eigenvalue weighted by atomic mass is 9.70. The van der Waals surface area contributed by atoms with Gasteiger partial charge < -0.3 is 5.32 Å². The predicted octanol–water partition coefficient (Wildman–Crippen LogP) is 3.03. The number of nitro benzene ring substituents is 1. The standard InChI is InChI=1S/C20H26N4O4/c1-19(2)14-8-10-20(19,3)16(12-14)22-23-17(25)9-11-21-18(26)13-4-6-15(7-5-13)24(27)28/h4-7,14H,8-12H2,1-3H3,(H,21,26)(H,23,25)/b22-16+/t14-,20+/m1/s1. The van der Waals surface area contributed by atoms with Crippen molar-refractivity contribution in [3.8, 4) is 0 Å². The second-order valence-electron chi connectivity index (χ2n) is 8.40. The zero-order valence-corrected chi connectivity index (χ0v) is 16.4. The summed E-state index contributed by atoms with van der Waals surface area (Å²) in [4.78, 5) is 34.2. The van der Waals surface area contributed by atoms with Crippen molar-refractivity contribution in [1.29, 1.82) is 0 Å². The molecular formula is C20H26N4O4. The molecule has 2 saturated carbocycles. The van der Waals surface area contributed by atoms with E-state index in [0.717, 1.165) is 18.6 Å². The van der Waals surface area contributed by atoms with Crippen LogP contribution in [-0.4, -0.2) is 29.0 Å². The average molecular weight is 386 g/mol. The molecule has 8 nitrogen and oxygen atoms in total. The van der Waals surface area contributed by atoms with E-state index >= 15 is 0 Å². The molecule has 2 amide bonds. The molecule has 0 aromatic heterocycles. The number of amides is 2. The lowest BCUT2D eigenvalue weighted by Crippen LogP contribution is -2.34. The molecule has 0 unspecified atom stereocenters. The van der Waals surface area contributed by atoms with E-state index in [1.54, 1.807) is 0 Å². The third-order valence-corrected chi connectivity index (χ3v) is 6.81. The van der Waals surface area contributed by atoms with E-state index in [0.29, 0.717) is 11.5 Å². The molecule has 0 spiro atoms. The summed E-state index contributed by atoms with van der Waals surface area (Å²) >= 11 is 0. The van der Waals surface area contributed by atoms with Gasteiger partial charge in [-0.05, 0) is 42.7 Å². The van der Waals surface area contributed by atoms with E-state index in [-0.39, 0.29) is 41.3 Å². The van der Waals surface area contributed by atoms with Crippen molar-refractivity contribution < 1.29 is 14.5 Å². The van der Waals surface area contributed by atoms with E-state index in [9.17, 15) is 19.7 Å². The molecule has 8 heteroatoms. The molecule has 1 aromatic carbocycles. The maximum Gasteiger partial charge on any atom is 0.269 e. The highest BCUT2D eigenvalue weighted by Crippen LogP contribution is 2.63. The molecule has 0 heterocycles. The van der Waals surface area contributed by atoms with E-state index < -0.39 is 4.92 Å². The molecule has 2 aliphatic carbocycles. The van der Waals surface area contributed by atoms with Gasteiger partial charge in [0.25, 0.3) is 11.6 Å². The van der Waals surface area contributed by atoms with Crippen LogP contribution in [0.25, 0.3) is 0 Å². The molecule has 2 N–H and O–H groups in total. The summed E-state index contributed by atoms with van der Waals surface area (Å²) in [5.41, 5.74) is 4.17. The van der Waals surface area contributed by atoms with E-state index in [1.165, 1.54) is 30.7 Å². The minimum absolute atomic E-state index is 0.0368. The van der Waals surface area contributed by atoms with Crippen molar-refractivity contribution in [3.05, 3.63) is 39.9 Å². The van der Waals surface area contributed by atoms with Crippen LogP contribution in [0.3, 0.4) is 0 Å². The van der Waals surface area contributed by atoms with Crippen molar-refractivity contribution in [2.45, 2.75) is 46.5 Å². The molecule has 150 valence electrons. The fourth-order valence-corrected chi connectivity index (χ4v) is 4.41. The number of non-ortho nitro benzene ring substituents is 1. The van der Waals surface area contributed by atoms with Crippen LogP contribution >= 0.6 is 0 Å². The largest absolute Gasteiger partial charge is 0.352 e. The highest BCUT2D eigenvalue weighted by molar-refractivity contribution is 5.95. The van der Waals surface area contributed by atoms with E-state index in [2.05, 4.69) is 36.6 Å². The summed E-state index contributed by atoms with van der Waals surface area (Å²) in [5.74, 6) is -0.00816. The molecule has 28 heavy (non-hydrogen) atoms. The van der Waals surface area contributed by atoms with Crippen molar-refractivity contribution in [3.63, 3.8) is 0 Å². The van der Waals surface area contributed by atoms with Gasteiger partial charge in [-0.2, -0.15) is 5.10 Å². The van der Waals surface area contributed by atoms with Crippen LogP contribution in [0.2, 0.25) is 0 Å². The van der Waals surface area contributed by atoms with Crippen LogP contribution in [-0.2, 0) is 4.79 Å². The smallest absolute Gasteiger partial charge is 0.269 e. The Morgan fingerprint density at radius 2 is 1.93 bits per heavy atom. The van der Waals surface area contributed by atoms with Gasteiger partial charge >= 0.3 is 0 Å². The second kappa shape index (κ2) is 7.33. The molecule has 0 radical (unpaired) electrons. The van der Waals surface area contributed by atoms with Gasteiger partial charge in [0.15, 0.2) is 0 Å². The first-order chi connectivity index (χ1) is 13.1. The summed E-state index contributed by atoms with van der Waals surface area (Å²) in [5, 5.41) is 17.7. The number of benzene rings is 1. The van der Waals surface area contributed by atoms with Crippen molar-refractivity contribution >= 4 is 23.2 Å². The summed E-state index contributed by atoms with van der Waals surface area (Å²) < 4.78 is 0. The highest BCUT2D eigenvalue weighted by atomic mass is 16.6. The number of nitrogens with one attached hydrogen (secondary N) is 2. The number of carbonyl (C=O) groups excluding carboxylic acids is 2. The third kappa shape index (κ3) is 3.50. The zero-order chi connectivity index (χ0) is 20.5. The van der Waals surface area contributed by atoms with Gasteiger partial charge in [-0.15, -0.1) is 0 Å². The first-order valence-corrected chi connectivity index (χ1v) is 9.53. The monoisotopic (exact) mass is 386 g/mol. The summed E-state index contributed by atoms with van der Waals surface area (Å²) in [6, 6.07) is 5.32. The van der Waals surface area contributed by atoms with Crippen LogP contribution in [0.4, 0.5) is 5.69 Å². The molecule has 3 rings (SSSR count). The maximum atomic E-state index is 12.1. The Morgan fingerprint density at radius 3 is 2.46 bits per heavy atom. The topological polar surface area (TPSA) is 114 Å². The maximum absolute atomic E-state index is 12.1. The molecule has 2 bridgehead atoms. The van der Waals surface area contributed by atoms with Crippen molar-refractivity contribution in [2.24, 2.45) is 21.8 Å². The van der Waals surface area contributed by atoms with Gasteiger partial charge in [0.05, 0.1) is 4.92 Å². The molecule has 1 aromatic rings. The number of nitro groups is 1. The van der Waals surface area contributed by atoms with Crippen molar-refractivity contribution in [1.82, 2.24) is 10.7 Å². The number of hydrogen-bond donors (Lipinski definition) is 2. The first-order valence-electron chi connectivity index (χ1n) is 9.53. The van der Waals surface area contributed by atoms with E-state index in [1.807, 2.05) is 0 Å². The number of hydrazone groups is 1. The van der Waals surface area contributed by atoms with E-state index in [4.69, 9.17) is 0 Å². The number of carbonyl (C=O) groups is 2. The van der Waals surface area contributed by atoms with Gasteiger partial charge in [0.1, 0.15) is 0 Å². The van der Waals surface area contributed by atoms with Crippen LogP contribution in [0, 0.1) is 26.9 Å². The van der Waals surface area contributed by atoms with Crippen molar-refractivity contribution in [2.75, 3.05) is 6.54 Å². The summed E-state index contributed by atoms with van der Waals surface area (Å²) in [6.45, 7) is 6.96. The number of hydrogen-bond acceptors (Lipinski definition) is 5. The zero-order valence-electron chi connectivity index (χ0n) is 16.4. The molecule has 2 fully saturated rings. The van der Waals surface area contributed by atoms with Gasteiger partial charge in [0.2, 0.25) is 5.91 Å². The Morgan fingerprint density at radius 1 is 1.25 bits per heavy atom. The van der Waals surface area contributed by atoms with Crippen LogP contribution in [0.5, 0.6) is 0 Å². The fraction of sp³-hybridized carbons (Fsp3) is 0.550. The van der Waals surface area contributed by atoms with Crippen LogP contribution in [0.15, 0.2) is 29.4 Å². The Kier molecular flexibility index (Phi) is 5.23. The molecule has 2 aliphatic rings. The second-order valence-corrected chi connectivity index (χ2v) is 8.40. The summed E-state index contributed by atoms with van der Waals surface area (Å²) in [6.07, 6.45) is 3.36.